The zero-order chi connectivity index (χ0) is 10.7. The summed E-state index contributed by atoms with van der Waals surface area (Å²) in [5, 5.41) is 0. The van der Waals surface area contributed by atoms with Crippen LogP contribution in [0.1, 0.15) is 24.0 Å². The molecule has 0 aliphatic rings. The van der Waals surface area contributed by atoms with Gasteiger partial charge in [-0.2, -0.15) is 0 Å². The molecule has 0 aliphatic carbocycles. The van der Waals surface area contributed by atoms with Gasteiger partial charge in [-0.25, -0.2) is 0 Å². The summed E-state index contributed by atoms with van der Waals surface area (Å²) in [4.78, 5) is 0. The second-order valence-corrected chi connectivity index (χ2v) is 3.76. The fourth-order valence-corrected chi connectivity index (χ4v) is 1.83. The van der Waals surface area contributed by atoms with Gasteiger partial charge in [0.2, 0.25) is 0 Å². The molecular formula is C14H15N. The molecule has 0 unspecified atom stereocenters. The lowest BCUT2D eigenvalue weighted by Crippen LogP contribution is -2.00. The maximum absolute atomic E-state index is 5.96. The predicted octanol–water partition coefficient (Wildman–Crippen LogP) is 3.42. The van der Waals surface area contributed by atoms with Crippen LogP contribution in [0.5, 0.6) is 0 Å². The third-order valence-corrected chi connectivity index (χ3v) is 2.76. The van der Waals surface area contributed by atoms with Gasteiger partial charge in [0.1, 0.15) is 0 Å². The molecule has 0 aliphatic heterocycles. The number of hydrogen-bond acceptors (Lipinski definition) is 1. The molecule has 0 heterocycles. The molecule has 2 aromatic rings. The lowest BCUT2D eigenvalue weighted by atomic mass is 9.92. The van der Waals surface area contributed by atoms with Crippen molar-refractivity contribution in [1.82, 2.24) is 0 Å². The smallest absolute Gasteiger partial charge is 0.0352 e. The molecule has 0 aromatic heterocycles. The van der Waals surface area contributed by atoms with Gasteiger partial charge >= 0.3 is 0 Å². The zero-order valence-corrected chi connectivity index (χ0v) is 8.85. The van der Waals surface area contributed by atoms with Crippen LogP contribution in [-0.4, -0.2) is 0 Å². The number of rotatable bonds is 2. The second-order valence-electron chi connectivity index (χ2n) is 3.76. The topological polar surface area (TPSA) is 26.0 Å². The highest BCUT2D eigenvalue weighted by molar-refractivity contribution is 5.51. The molecule has 0 saturated heterocycles. The quantitative estimate of drug-likeness (QED) is 0.733. The van der Waals surface area contributed by atoms with Gasteiger partial charge in [-0.3, -0.25) is 0 Å². The van der Waals surface area contributed by atoms with Crippen molar-refractivity contribution in [1.29, 1.82) is 0 Å². The van der Waals surface area contributed by atoms with Crippen molar-refractivity contribution < 1.29 is 0 Å². The minimum Gasteiger partial charge on any atom is -0.398 e. The summed E-state index contributed by atoms with van der Waals surface area (Å²) in [6.07, 6.45) is 0. The fourth-order valence-electron chi connectivity index (χ4n) is 1.83. The van der Waals surface area contributed by atoms with Gasteiger partial charge in [0, 0.05) is 11.6 Å². The Hall–Kier alpha value is -1.76. The van der Waals surface area contributed by atoms with Gasteiger partial charge in [-0.15, -0.1) is 0 Å². The maximum Gasteiger partial charge on any atom is 0.0352 e. The van der Waals surface area contributed by atoms with Crippen LogP contribution < -0.4 is 5.73 Å². The van der Waals surface area contributed by atoms with Gasteiger partial charge in [-0.1, -0.05) is 55.5 Å². The molecule has 76 valence electrons. The molecule has 0 spiro atoms. The predicted molar refractivity (Wildman–Crippen MR) is 64.8 cm³/mol. The Labute approximate surface area is 90.6 Å². The molecule has 15 heavy (non-hydrogen) atoms. The first-order valence-corrected chi connectivity index (χ1v) is 5.18. The first-order valence-electron chi connectivity index (χ1n) is 5.18. The van der Waals surface area contributed by atoms with Crippen molar-refractivity contribution in [3.05, 3.63) is 65.7 Å². The third kappa shape index (κ3) is 2.01. The summed E-state index contributed by atoms with van der Waals surface area (Å²) < 4.78 is 0. The van der Waals surface area contributed by atoms with E-state index in [1.807, 2.05) is 24.3 Å². The molecule has 0 amide bonds. The standard InChI is InChI=1S/C14H15N/c1-11(12-7-3-2-4-8-12)13-9-5-6-10-14(13)15/h2-11H,15H2,1H3/t11-/m1/s1. The first kappa shape index (κ1) is 9.78. The van der Waals surface area contributed by atoms with Crippen LogP contribution in [0.4, 0.5) is 5.69 Å². The van der Waals surface area contributed by atoms with Gasteiger partial charge in [0.15, 0.2) is 0 Å². The van der Waals surface area contributed by atoms with Gasteiger partial charge < -0.3 is 5.73 Å². The highest BCUT2D eigenvalue weighted by atomic mass is 14.6. The largest absolute Gasteiger partial charge is 0.398 e. The van der Waals surface area contributed by atoms with E-state index in [0.717, 1.165) is 5.69 Å². The van der Waals surface area contributed by atoms with Gasteiger partial charge in [-0.05, 0) is 17.2 Å². The summed E-state index contributed by atoms with van der Waals surface area (Å²) in [6.45, 7) is 2.18. The summed E-state index contributed by atoms with van der Waals surface area (Å²) >= 11 is 0. The van der Waals surface area contributed by atoms with Crippen LogP contribution in [0, 0.1) is 0 Å². The number of hydrogen-bond donors (Lipinski definition) is 1. The molecule has 2 rings (SSSR count). The number of nitrogen functional groups attached to an aromatic ring is 1. The van der Waals surface area contributed by atoms with Crippen LogP contribution in [0.2, 0.25) is 0 Å². The van der Waals surface area contributed by atoms with Crippen LogP contribution in [-0.2, 0) is 0 Å². The van der Waals surface area contributed by atoms with Crippen LogP contribution in [0.15, 0.2) is 54.6 Å². The Morgan fingerprint density at radius 1 is 0.867 bits per heavy atom. The molecule has 0 bridgehead atoms. The lowest BCUT2D eigenvalue weighted by Gasteiger charge is -2.14. The first-order chi connectivity index (χ1) is 7.29. The number of anilines is 1. The maximum atomic E-state index is 5.96. The minimum atomic E-state index is 0.354. The molecule has 1 heteroatoms. The summed E-state index contributed by atoms with van der Waals surface area (Å²) in [6, 6.07) is 18.5. The molecule has 0 radical (unpaired) electrons. The average Bonchev–Trinajstić information content (AvgIpc) is 2.30. The van der Waals surface area contributed by atoms with Crippen molar-refractivity contribution in [2.75, 3.05) is 5.73 Å². The number of nitrogens with two attached hydrogens (primary N) is 1. The van der Waals surface area contributed by atoms with E-state index in [9.17, 15) is 0 Å². The van der Waals surface area contributed by atoms with E-state index in [4.69, 9.17) is 5.73 Å². The van der Waals surface area contributed by atoms with E-state index in [1.54, 1.807) is 0 Å². The van der Waals surface area contributed by atoms with Crippen molar-refractivity contribution in [2.45, 2.75) is 12.8 Å². The van der Waals surface area contributed by atoms with Gasteiger partial charge in [0.25, 0.3) is 0 Å². The molecule has 2 aromatic carbocycles. The number of para-hydroxylation sites is 1. The van der Waals surface area contributed by atoms with Gasteiger partial charge in [0.05, 0.1) is 0 Å². The molecule has 0 saturated carbocycles. The van der Waals surface area contributed by atoms with Crippen LogP contribution in [0.25, 0.3) is 0 Å². The van der Waals surface area contributed by atoms with Crippen LogP contribution >= 0.6 is 0 Å². The fraction of sp³-hybridized carbons (Fsp3) is 0.143. The van der Waals surface area contributed by atoms with Crippen molar-refractivity contribution in [3.63, 3.8) is 0 Å². The molecule has 1 atom stereocenters. The Morgan fingerprint density at radius 2 is 1.47 bits per heavy atom. The second kappa shape index (κ2) is 4.18. The summed E-state index contributed by atoms with van der Waals surface area (Å²) in [5.41, 5.74) is 9.33. The van der Waals surface area contributed by atoms with Crippen molar-refractivity contribution in [3.8, 4) is 0 Å². The molecule has 1 nitrogen and oxygen atoms in total. The summed E-state index contributed by atoms with van der Waals surface area (Å²) in [7, 11) is 0. The highest BCUT2D eigenvalue weighted by Gasteiger charge is 2.09. The summed E-state index contributed by atoms with van der Waals surface area (Å²) in [5.74, 6) is 0.354. The van der Waals surface area contributed by atoms with E-state index >= 15 is 0 Å². The van der Waals surface area contributed by atoms with Crippen LogP contribution in [0.3, 0.4) is 0 Å². The van der Waals surface area contributed by atoms with E-state index in [2.05, 4.69) is 37.3 Å². The van der Waals surface area contributed by atoms with E-state index < -0.39 is 0 Å². The van der Waals surface area contributed by atoms with E-state index in [-0.39, 0.29) is 0 Å². The van der Waals surface area contributed by atoms with E-state index in [1.165, 1.54) is 11.1 Å². The Morgan fingerprint density at radius 3 is 2.13 bits per heavy atom. The Balaban J connectivity index is 2.37. The third-order valence-electron chi connectivity index (χ3n) is 2.76. The minimum absolute atomic E-state index is 0.354. The zero-order valence-electron chi connectivity index (χ0n) is 8.85. The molecule has 2 N–H and O–H groups in total. The van der Waals surface area contributed by atoms with Crippen molar-refractivity contribution >= 4 is 5.69 Å². The van der Waals surface area contributed by atoms with E-state index in [0.29, 0.717) is 5.92 Å². The lowest BCUT2D eigenvalue weighted by molar-refractivity contribution is 0.926. The monoisotopic (exact) mass is 197 g/mol. The molecule has 0 fully saturated rings. The van der Waals surface area contributed by atoms with Crippen molar-refractivity contribution in [2.24, 2.45) is 0 Å². The normalized spacial score (nSPS) is 12.3. The average molecular weight is 197 g/mol. The Kier molecular flexibility index (Phi) is 2.72. The Bertz CT molecular complexity index is 434. The molecular weight excluding hydrogens is 182 g/mol. The highest BCUT2D eigenvalue weighted by Crippen LogP contribution is 2.27. The number of benzene rings is 2. The SMILES string of the molecule is C[C@H](c1ccccc1)c1ccccc1N.